The quantitative estimate of drug-likeness (QED) is 0.0270. The Bertz CT molecular complexity index is 1490. The second kappa shape index (κ2) is 28.1. The Morgan fingerprint density at radius 2 is 1.45 bits per heavy atom. The highest BCUT2D eigenvalue weighted by Crippen LogP contribution is 2.24. The third kappa shape index (κ3) is 27.3. The molecule has 0 aliphatic heterocycles. The molecule has 0 rings (SSSR count). The molecule has 0 saturated carbocycles. The van der Waals surface area contributed by atoms with E-state index in [-0.39, 0.29) is 113 Å². The molecular formula is C36H59N5O14S. The molecule has 0 bridgehead atoms. The molecule has 0 aromatic carbocycles. The fourth-order valence-electron chi connectivity index (χ4n) is 5.09. The molecule has 5 N–H and O–H groups in total. The van der Waals surface area contributed by atoms with Crippen LogP contribution < -0.4 is 10.6 Å². The molecular weight excluding hydrogens is 758 g/mol. The number of carbonyl (C=O) groups excluding carboxylic acids is 6. The van der Waals surface area contributed by atoms with Crippen molar-refractivity contribution in [1.82, 2.24) is 10.6 Å². The smallest absolute Gasteiger partial charge is 0.326 e. The van der Waals surface area contributed by atoms with Crippen LogP contribution in [-0.4, -0.2) is 122 Å². The molecule has 0 heterocycles. The number of Topliss-reactive ketones (excluding diaryl/α,β-unsaturated/α-hetero) is 4. The van der Waals surface area contributed by atoms with Crippen molar-refractivity contribution < 1.29 is 66.5 Å². The second-order valence-electron chi connectivity index (χ2n) is 14.4. The minimum atomic E-state index is -3.69. The third-order valence-electron chi connectivity index (χ3n) is 8.22. The lowest BCUT2D eigenvalue weighted by molar-refractivity contribution is -0.143. The molecule has 0 fully saturated rings. The van der Waals surface area contributed by atoms with E-state index in [4.69, 9.17) is 20.1 Å². The van der Waals surface area contributed by atoms with Crippen molar-refractivity contribution in [2.45, 2.75) is 117 Å². The van der Waals surface area contributed by atoms with E-state index in [1.165, 1.54) is 6.92 Å². The SMILES string of the molecule is C/C(CC(=O)CS(=O)(=O)CCCC(=O)CCCOCCOCC(=O)NC(CCC(=O)NCCCC[C@H](CC(=O)C(C)(C)C)C(=O)CCC(=O)O)C(=O)O)=N\N=N. The molecule has 20 heteroatoms. The number of nitrogens with zero attached hydrogens (tertiary/aromatic N) is 2. The summed E-state index contributed by atoms with van der Waals surface area (Å²) in [4.78, 5) is 96.0. The normalized spacial score (nSPS) is 13.0. The number of amides is 2. The molecule has 0 spiro atoms. The van der Waals surface area contributed by atoms with E-state index in [2.05, 4.69) is 21.0 Å². The first-order valence-electron chi connectivity index (χ1n) is 18.5. The Labute approximate surface area is 327 Å². The molecule has 56 heavy (non-hydrogen) atoms. The van der Waals surface area contributed by atoms with E-state index in [9.17, 15) is 51.9 Å². The van der Waals surface area contributed by atoms with Crippen LogP contribution in [0.4, 0.5) is 0 Å². The summed E-state index contributed by atoms with van der Waals surface area (Å²) in [5.74, 6) is -6.31. The van der Waals surface area contributed by atoms with Gasteiger partial charge in [-0.1, -0.05) is 32.4 Å². The number of carboxylic acids is 2. The van der Waals surface area contributed by atoms with Crippen molar-refractivity contribution in [1.29, 1.82) is 5.53 Å². The van der Waals surface area contributed by atoms with E-state index < -0.39 is 69.1 Å². The summed E-state index contributed by atoms with van der Waals surface area (Å²) >= 11 is 0. The number of hydrogen-bond donors (Lipinski definition) is 5. The van der Waals surface area contributed by atoms with Crippen molar-refractivity contribution >= 4 is 62.4 Å². The lowest BCUT2D eigenvalue weighted by Crippen LogP contribution is -2.43. The zero-order valence-corrected chi connectivity index (χ0v) is 33.7. The number of nitrogens with one attached hydrogen (secondary N) is 3. The van der Waals surface area contributed by atoms with Crippen molar-refractivity contribution in [3.05, 3.63) is 0 Å². The summed E-state index contributed by atoms with van der Waals surface area (Å²) in [6.07, 6.45) is 0.887. The van der Waals surface area contributed by atoms with Crippen molar-refractivity contribution in [3.63, 3.8) is 0 Å². The van der Waals surface area contributed by atoms with Crippen molar-refractivity contribution in [3.8, 4) is 0 Å². The van der Waals surface area contributed by atoms with Crippen LogP contribution >= 0.6 is 0 Å². The van der Waals surface area contributed by atoms with Crippen LogP contribution in [0.5, 0.6) is 0 Å². The molecule has 19 nitrogen and oxygen atoms in total. The summed E-state index contributed by atoms with van der Waals surface area (Å²) in [7, 11) is -3.69. The van der Waals surface area contributed by atoms with E-state index >= 15 is 0 Å². The van der Waals surface area contributed by atoms with Crippen LogP contribution in [-0.2, 0) is 57.7 Å². The summed E-state index contributed by atoms with van der Waals surface area (Å²) in [5, 5.41) is 29.5. The van der Waals surface area contributed by atoms with Gasteiger partial charge in [0.05, 0.1) is 25.4 Å². The maximum atomic E-state index is 12.6. The largest absolute Gasteiger partial charge is 0.481 e. The van der Waals surface area contributed by atoms with Gasteiger partial charge >= 0.3 is 11.9 Å². The maximum Gasteiger partial charge on any atom is 0.326 e. The first kappa shape index (κ1) is 51.7. The number of carboxylic acid groups (broad SMARTS) is 2. The van der Waals surface area contributed by atoms with Crippen LogP contribution in [0.1, 0.15) is 111 Å². The van der Waals surface area contributed by atoms with Gasteiger partial charge < -0.3 is 30.3 Å². The highest BCUT2D eigenvalue weighted by atomic mass is 32.2. The topological polar surface area (TPSA) is 302 Å². The van der Waals surface area contributed by atoms with Crippen LogP contribution in [0.25, 0.3) is 0 Å². The second-order valence-corrected chi connectivity index (χ2v) is 16.6. The first-order chi connectivity index (χ1) is 26.2. The zero-order chi connectivity index (χ0) is 42.7. The first-order valence-corrected chi connectivity index (χ1v) is 20.3. The fourth-order valence-corrected chi connectivity index (χ4v) is 6.41. The van der Waals surface area contributed by atoms with Crippen molar-refractivity contribution in [2.24, 2.45) is 21.7 Å². The predicted octanol–water partition coefficient (Wildman–Crippen LogP) is 2.62. The van der Waals surface area contributed by atoms with Crippen LogP contribution in [0.3, 0.4) is 0 Å². The molecule has 0 radical (unpaired) electrons. The van der Waals surface area contributed by atoms with Crippen LogP contribution in [0.15, 0.2) is 10.3 Å². The van der Waals surface area contributed by atoms with Gasteiger partial charge in [-0.05, 0) is 39.0 Å². The molecule has 318 valence electrons. The fraction of sp³-hybridized carbons (Fsp3) is 0.750. The lowest BCUT2D eigenvalue weighted by atomic mass is 9.81. The monoisotopic (exact) mass is 817 g/mol. The van der Waals surface area contributed by atoms with Gasteiger partial charge in [-0.3, -0.25) is 33.6 Å². The van der Waals surface area contributed by atoms with Gasteiger partial charge in [-0.2, -0.15) is 5.53 Å². The van der Waals surface area contributed by atoms with Gasteiger partial charge in [0.25, 0.3) is 0 Å². The van der Waals surface area contributed by atoms with Gasteiger partial charge in [0, 0.05) is 68.7 Å². The van der Waals surface area contributed by atoms with Gasteiger partial charge in [-0.15, -0.1) is 5.10 Å². The number of carbonyl (C=O) groups is 8. The third-order valence-corrected chi connectivity index (χ3v) is 9.89. The summed E-state index contributed by atoms with van der Waals surface area (Å²) in [5.41, 5.74) is 6.20. The van der Waals surface area contributed by atoms with Crippen molar-refractivity contribution in [2.75, 3.05) is 44.5 Å². The Hall–Kier alpha value is -4.30. The van der Waals surface area contributed by atoms with E-state index in [1.807, 2.05) is 0 Å². The molecule has 0 aliphatic carbocycles. The highest BCUT2D eigenvalue weighted by molar-refractivity contribution is 7.92. The predicted molar refractivity (Wildman–Crippen MR) is 202 cm³/mol. The number of unbranched alkanes of at least 4 members (excludes halogenated alkanes) is 1. The molecule has 0 aromatic heterocycles. The van der Waals surface area contributed by atoms with Crippen LogP contribution in [0.2, 0.25) is 0 Å². The van der Waals surface area contributed by atoms with Gasteiger partial charge in [-0.25, -0.2) is 13.2 Å². The minimum absolute atomic E-state index is 0.00544. The minimum Gasteiger partial charge on any atom is -0.481 e. The number of hydrogen-bond acceptors (Lipinski definition) is 14. The van der Waals surface area contributed by atoms with E-state index in [0.717, 1.165) is 0 Å². The molecule has 2 atom stereocenters. The van der Waals surface area contributed by atoms with E-state index in [0.29, 0.717) is 25.7 Å². The maximum absolute atomic E-state index is 12.6. The molecule has 0 saturated heterocycles. The molecule has 0 aromatic rings. The van der Waals surface area contributed by atoms with E-state index in [1.54, 1.807) is 20.8 Å². The Balaban J connectivity index is 4.27. The molecule has 0 aliphatic rings. The van der Waals surface area contributed by atoms with Crippen LogP contribution in [0, 0.1) is 16.9 Å². The average Bonchev–Trinajstić information content (AvgIpc) is 3.08. The summed E-state index contributed by atoms with van der Waals surface area (Å²) in [6.45, 7) is 6.77. The molecule has 1 unspecified atom stereocenters. The zero-order valence-electron chi connectivity index (χ0n) is 32.9. The summed E-state index contributed by atoms with van der Waals surface area (Å²) < 4.78 is 34.8. The van der Waals surface area contributed by atoms with Gasteiger partial charge in [0.1, 0.15) is 35.8 Å². The van der Waals surface area contributed by atoms with Gasteiger partial charge in [0.2, 0.25) is 11.8 Å². The Morgan fingerprint density at radius 1 is 0.786 bits per heavy atom. The standard InChI is InChI=1S/C36H59N5O14S/c1-25(40-41-37)21-28(43)24-56(52,53)20-8-11-27(42)10-7-17-54-18-19-55-23-33(47)39-29(35(50)51)12-14-32(46)38-16-6-5-9-26(22-31(45)36(2,3)4)30(44)13-15-34(48)49/h26,29,37H,5-24H2,1-4H3,(H,38,46)(H,39,47)(H,48,49)(H,50,51)/b40-25+,41-37?/t26-,29?/m1/s1. The van der Waals surface area contributed by atoms with Gasteiger partial charge in [0.15, 0.2) is 15.6 Å². The summed E-state index contributed by atoms with van der Waals surface area (Å²) in [6, 6.07) is -1.34. The Kier molecular flexibility index (Phi) is 26.0. The molecule has 2 amide bonds. The number of sulfone groups is 1. The highest BCUT2D eigenvalue weighted by Gasteiger charge is 2.28. The average molecular weight is 818 g/mol. The Morgan fingerprint density at radius 3 is 2.07 bits per heavy atom. The number of ether oxygens (including phenoxy) is 2. The number of aliphatic carboxylic acids is 2. The number of ketones is 4. The number of rotatable bonds is 34. The lowest BCUT2D eigenvalue weighted by Gasteiger charge is -2.21.